The lowest BCUT2D eigenvalue weighted by Gasteiger charge is -2.14. The van der Waals surface area contributed by atoms with Gasteiger partial charge in [0.1, 0.15) is 10.0 Å². The number of thiocarbonyl (C=S) groups is 1. The molecular formula is C24H20Cl2N4O3S2. The van der Waals surface area contributed by atoms with Gasteiger partial charge >= 0.3 is 0 Å². The molecular weight excluding hydrogens is 527 g/mol. The third-order valence-electron chi connectivity index (χ3n) is 5.53. The molecule has 1 aliphatic rings. The summed E-state index contributed by atoms with van der Waals surface area (Å²) in [5, 5.41) is 3.53. The predicted octanol–water partition coefficient (Wildman–Crippen LogP) is 5.02. The maximum Gasteiger partial charge on any atom is 0.295 e. The van der Waals surface area contributed by atoms with Gasteiger partial charge in [-0.2, -0.15) is 0 Å². The zero-order valence-corrected chi connectivity index (χ0v) is 21.9. The minimum atomic E-state index is -0.400. The average Bonchev–Trinajstić information content (AvgIpc) is 3.21. The standard InChI is InChI=1S/C24H20Cl2N4O3S2/c1-14-21(23(33)30(28(14)2)15-7-4-3-5-8-15)27-20(31)11-12-29-22(32)19(35-24(29)34)13-16-17(25)9-6-10-18(16)26/h3-10,13H,11-12H2,1-2H3,(H,27,31)/b19-13-. The van der Waals surface area contributed by atoms with E-state index in [2.05, 4.69) is 5.32 Å². The van der Waals surface area contributed by atoms with Crippen molar-refractivity contribution in [1.29, 1.82) is 0 Å². The van der Waals surface area contributed by atoms with E-state index in [1.54, 1.807) is 42.9 Å². The van der Waals surface area contributed by atoms with Gasteiger partial charge in [-0.05, 0) is 37.3 Å². The van der Waals surface area contributed by atoms with Crippen LogP contribution in [0.3, 0.4) is 0 Å². The first kappa shape index (κ1) is 25.2. The molecule has 1 N–H and O–H groups in total. The molecule has 0 bridgehead atoms. The molecule has 0 atom stereocenters. The first-order valence-corrected chi connectivity index (χ1v) is 12.5. The largest absolute Gasteiger partial charge is 0.320 e. The van der Waals surface area contributed by atoms with Crippen molar-refractivity contribution in [2.75, 3.05) is 11.9 Å². The fourth-order valence-electron chi connectivity index (χ4n) is 3.60. The highest BCUT2D eigenvalue weighted by Crippen LogP contribution is 2.35. The number of amides is 2. The van der Waals surface area contributed by atoms with Crippen LogP contribution in [0.1, 0.15) is 17.7 Å². The molecule has 2 heterocycles. The minimum absolute atomic E-state index is 0.0360. The van der Waals surface area contributed by atoms with Crippen LogP contribution in [0.15, 0.2) is 58.2 Å². The van der Waals surface area contributed by atoms with E-state index in [0.29, 0.717) is 36.2 Å². The van der Waals surface area contributed by atoms with Gasteiger partial charge in [-0.15, -0.1) is 0 Å². The van der Waals surface area contributed by atoms with E-state index in [1.165, 1.54) is 9.58 Å². The van der Waals surface area contributed by atoms with Crippen molar-refractivity contribution >= 4 is 75.1 Å². The third-order valence-corrected chi connectivity index (χ3v) is 7.57. The van der Waals surface area contributed by atoms with Gasteiger partial charge in [0.25, 0.3) is 11.5 Å². The number of para-hydroxylation sites is 1. The topological polar surface area (TPSA) is 76.3 Å². The van der Waals surface area contributed by atoms with Crippen LogP contribution in [-0.4, -0.2) is 36.9 Å². The highest BCUT2D eigenvalue weighted by molar-refractivity contribution is 8.26. The van der Waals surface area contributed by atoms with Gasteiger partial charge < -0.3 is 5.32 Å². The van der Waals surface area contributed by atoms with Crippen molar-refractivity contribution in [1.82, 2.24) is 14.3 Å². The number of rotatable bonds is 6. The molecule has 1 fully saturated rings. The second-order valence-electron chi connectivity index (χ2n) is 7.70. The minimum Gasteiger partial charge on any atom is -0.320 e. The Labute approximate surface area is 221 Å². The molecule has 1 aliphatic heterocycles. The van der Waals surface area contributed by atoms with E-state index in [1.807, 2.05) is 30.3 Å². The van der Waals surface area contributed by atoms with E-state index in [4.69, 9.17) is 35.4 Å². The van der Waals surface area contributed by atoms with Crippen molar-refractivity contribution in [3.8, 4) is 5.69 Å². The lowest BCUT2D eigenvalue weighted by atomic mass is 10.2. The molecule has 1 aromatic heterocycles. The van der Waals surface area contributed by atoms with Gasteiger partial charge in [-0.3, -0.25) is 24.0 Å². The average molecular weight is 547 g/mol. The fraction of sp³-hybridized carbons (Fsp3) is 0.167. The lowest BCUT2D eigenvalue weighted by molar-refractivity contribution is -0.122. The molecule has 3 aromatic rings. The number of nitrogens with one attached hydrogen (secondary N) is 1. The number of thioether (sulfide) groups is 1. The van der Waals surface area contributed by atoms with Crippen molar-refractivity contribution in [3.63, 3.8) is 0 Å². The molecule has 0 saturated carbocycles. The zero-order chi connectivity index (χ0) is 25.3. The second-order valence-corrected chi connectivity index (χ2v) is 10.2. The van der Waals surface area contributed by atoms with E-state index in [0.717, 1.165) is 11.8 Å². The third kappa shape index (κ3) is 5.08. The molecule has 0 radical (unpaired) electrons. The molecule has 0 unspecified atom stereocenters. The summed E-state index contributed by atoms with van der Waals surface area (Å²) < 4.78 is 3.50. The van der Waals surface area contributed by atoms with Crippen LogP contribution in [-0.2, 0) is 16.6 Å². The Kier molecular flexibility index (Phi) is 7.51. The summed E-state index contributed by atoms with van der Waals surface area (Å²) in [6.07, 6.45) is 1.56. The molecule has 0 aliphatic carbocycles. The van der Waals surface area contributed by atoms with Crippen LogP contribution < -0.4 is 10.9 Å². The van der Waals surface area contributed by atoms with E-state index in [9.17, 15) is 14.4 Å². The molecule has 2 aromatic carbocycles. The van der Waals surface area contributed by atoms with Crippen molar-refractivity contribution in [2.24, 2.45) is 7.05 Å². The molecule has 7 nitrogen and oxygen atoms in total. The van der Waals surface area contributed by atoms with Gasteiger partial charge in [-0.25, -0.2) is 4.68 Å². The van der Waals surface area contributed by atoms with Gasteiger partial charge in [0, 0.05) is 35.6 Å². The molecule has 180 valence electrons. The fourth-order valence-corrected chi connectivity index (χ4v) is 5.40. The van der Waals surface area contributed by atoms with E-state index in [-0.39, 0.29) is 30.1 Å². The smallest absolute Gasteiger partial charge is 0.295 e. The number of anilines is 1. The number of carbonyl (C=O) groups is 2. The van der Waals surface area contributed by atoms with Crippen LogP contribution in [0, 0.1) is 6.92 Å². The van der Waals surface area contributed by atoms with Crippen LogP contribution >= 0.6 is 47.2 Å². The van der Waals surface area contributed by atoms with Crippen molar-refractivity contribution < 1.29 is 9.59 Å². The number of benzene rings is 2. The number of aromatic nitrogens is 2. The van der Waals surface area contributed by atoms with Crippen LogP contribution in [0.2, 0.25) is 10.0 Å². The SMILES string of the molecule is Cc1c(NC(=O)CCN2C(=O)/C(=C/c3c(Cl)cccc3Cl)SC2=S)c(=O)n(-c2ccccc2)n1C. The first-order valence-electron chi connectivity index (χ1n) is 10.5. The first-order chi connectivity index (χ1) is 16.7. The van der Waals surface area contributed by atoms with Gasteiger partial charge in [0.05, 0.1) is 16.3 Å². The second kappa shape index (κ2) is 10.4. The summed E-state index contributed by atoms with van der Waals surface area (Å²) in [7, 11) is 1.75. The summed E-state index contributed by atoms with van der Waals surface area (Å²) in [6, 6.07) is 14.2. The maximum absolute atomic E-state index is 13.0. The number of carbonyl (C=O) groups excluding carboxylic acids is 2. The summed E-state index contributed by atoms with van der Waals surface area (Å²) in [5.74, 6) is -0.727. The Morgan fingerprint density at radius 1 is 1.09 bits per heavy atom. The number of halogens is 2. The lowest BCUT2D eigenvalue weighted by Crippen LogP contribution is -2.32. The Hall–Kier alpha value is -2.85. The van der Waals surface area contributed by atoms with Crippen LogP contribution in [0.4, 0.5) is 5.69 Å². The van der Waals surface area contributed by atoms with Crippen LogP contribution in [0.5, 0.6) is 0 Å². The molecule has 35 heavy (non-hydrogen) atoms. The van der Waals surface area contributed by atoms with Crippen LogP contribution in [0.25, 0.3) is 11.8 Å². The summed E-state index contributed by atoms with van der Waals surface area (Å²) in [5.41, 5.74) is 1.68. The summed E-state index contributed by atoms with van der Waals surface area (Å²) in [6.45, 7) is 1.83. The number of nitrogens with zero attached hydrogens (tertiary/aromatic N) is 3. The molecule has 2 amide bonds. The van der Waals surface area contributed by atoms with E-state index >= 15 is 0 Å². The summed E-state index contributed by atoms with van der Waals surface area (Å²) >= 11 is 18.9. The van der Waals surface area contributed by atoms with E-state index < -0.39 is 5.91 Å². The molecule has 0 spiro atoms. The molecule has 11 heteroatoms. The monoisotopic (exact) mass is 546 g/mol. The predicted molar refractivity (Wildman–Crippen MR) is 145 cm³/mol. The Balaban J connectivity index is 1.46. The normalized spacial score (nSPS) is 14.7. The van der Waals surface area contributed by atoms with Crippen molar-refractivity contribution in [3.05, 3.63) is 85.1 Å². The zero-order valence-electron chi connectivity index (χ0n) is 18.7. The summed E-state index contributed by atoms with van der Waals surface area (Å²) in [4.78, 5) is 40.3. The Bertz CT molecular complexity index is 1410. The number of hydrogen-bond donors (Lipinski definition) is 1. The Morgan fingerprint density at radius 3 is 2.40 bits per heavy atom. The molecule has 4 rings (SSSR count). The maximum atomic E-state index is 13.0. The quantitative estimate of drug-likeness (QED) is 0.347. The highest BCUT2D eigenvalue weighted by Gasteiger charge is 2.32. The van der Waals surface area contributed by atoms with Crippen molar-refractivity contribution in [2.45, 2.75) is 13.3 Å². The van der Waals surface area contributed by atoms with Gasteiger partial charge in [0.15, 0.2) is 0 Å². The van der Waals surface area contributed by atoms with Gasteiger partial charge in [-0.1, -0.05) is 71.4 Å². The number of hydrogen-bond acceptors (Lipinski definition) is 5. The van der Waals surface area contributed by atoms with Gasteiger partial charge in [0.2, 0.25) is 5.91 Å². The highest BCUT2D eigenvalue weighted by atomic mass is 35.5. The Morgan fingerprint density at radius 2 is 1.74 bits per heavy atom. The molecule has 1 saturated heterocycles.